The Kier molecular flexibility index (Phi) is 5.37. The van der Waals surface area contributed by atoms with Gasteiger partial charge in [-0.3, -0.25) is 4.68 Å². The average molecular weight is 314 g/mol. The van der Waals surface area contributed by atoms with Crippen molar-refractivity contribution in [2.45, 2.75) is 25.9 Å². The summed E-state index contributed by atoms with van der Waals surface area (Å²) in [6.07, 6.45) is 3.95. The number of carbonyl (C=O) groups excluding carboxylic acids is 1. The molecule has 8 heteroatoms. The first kappa shape index (κ1) is 14.8. The summed E-state index contributed by atoms with van der Waals surface area (Å²) in [5.74, 6) is 0. The second kappa shape index (κ2) is 7.25. The number of nitrogens with zero attached hydrogens (tertiary/aromatic N) is 3. The Hall–Kier alpha value is -1.60. The molecule has 0 aliphatic rings. The van der Waals surface area contributed by atoms with Crippen molar-refractivity contribution in [3.05, 3.63) is 34.0 Å². The molecule has 2 aromatic heterocycles. The van der Waals surface area contributed by atoms with E-state index in [1.807, 2.05) is 19.1 Å². The van der Waals surface area contributed by atoms with Crippen LogP contribution in [-0.4, -0.2) is 27.3 Å². The van der Waals surface area contributed by atoms with Crippen LogP contribution in [0.25, 0.3) is 0 Å². The van der Waals surface area contributed by atoms with E-state index in [4.69, 9.17) is 11.6 Å². The highest BCUT2D eigenvalue weighted by atomic mass is 35.5. The molecule has 0 spiro atoms. The number of aryl methyl sites for hydroxylation is 1. The Morgan fingerprint density at radius 2 is 2.40 bits per heavy atom. The van der Waals surface area contributed by atoms with Gasteiger partial charge in [0.1, 0.15) is 12.7 Å². The Labute approximate surface area is 126 Å². The number of thiophene rings is 1. The molecule has 1 unspecified atom stereocenters. The van der Waals surface area contributed by atoms with E-state index in [-0.39, 0.29) is 12.1 Å². The zero-order valence-electron chi connectivity index (χ0n) is 11.0. The number of hydrogen-bond acceptors (Lipinski definition) is 4. The van der Waals surface area contributed by atoms with Crippen LogP contribution in [0.3, 0.4) is 0 Å². The fourth-order valence-electron chi connectivity index (χ4n) is 1.67. The molecule has 2 rings (SSSR count). The Bertz CT molecular complexity index is 542. The van der Waals surface area contributed by atoms with Crippen LogP contribution in [0.1, 0.15) is 24.3 Å². The van der Waals surface area contributed by atoms with Gasteiger partial charge in [-0.2, -0.15) is 5.10 Å². The number of carbonyl (C=O) groups is 1. The zero-order valence-corrected chi connectivity index (χ0v) is 12.6. The minimum absolute atomic E-state index is 0.0529. The van der Waals surface area contributed by atoms with Crippen LogP contribution >= 0.6 is 22.9 Å². The molecule has 0 fully saturated rings. The predicted molar refractivity (Wildman–Crippen MR) is 78.9 cm³/mol. The SMILES string of the molecule is CC(NC(=O)NCCCn1cncn1)c1ccc(Cl)s1. The molecule has 1 atom stereocenters. The summed E-state index contributed by atoms with van der Waals surface area (Å²) in [5.41, 5.74) is 0. The highest BCUT2D eigenvalue weighted by Gasteiger charge is 2.10. The van der Waals surface area contributed by atoms with Crippen LogP contribution in [0, 0.1) is 0 Å². The Balaban J connectivity index is 1.65. The summed E-state index contributed by atoms with van der Waals surface area (Å²) in [6.45, 7) is 3.25. The van der Waals surface area contributed by atoms with Gasteiger partial charge in [-0.15, -0.1) is 11.3 Å². The van der Waals surface area contributed by atoms with Gasteiger partial charge in [-0.25, -0.2) is 9.78 Å². The topological polar surface area (TPSA) is 71.8 Å². The van der Waals surface area contributed by atoms with E-state index in [9.17, 15) is 4.79 Å². The van der Waals surface area contributed by atoms with Crippen LogP contribution < -0.4 is 10.6 Å². The largest absolute Gasteiger partial charge is 0.338 e. The van der Waals surface area contributed by atoms with Crippen molar-refractivity contribution >= 4 is 29.0 Å². The third kappa shape index (κ3) is 4.50. The van der Waals surface area contributed by atoms with Gasteiger partial charge in [-0.1, -0.05) is 11.6 Å². The van der Waals surface area contributed by atoms with Gasteiger partial charge in [0.15, 0.2) is 0 Å². The summed E-state index contributed by atoms with van der Waals surface area (Å²) in [6, 6.07) is 3.52. The maximum Gasteiger partial charge on any atom is 0.315 e. The van der Waals surface area contributed by atoms with Gasteiger partial charge in [0, 0.05) is 18.0 Å². The molecule has 2 aromatic rings. The van der Waals surface area contributed by atoms with Crippen LogP contribution in [-0.2, 0) is 6.54 Å². The number of urea groups is 1. The number of aromatic nitrogens is 3. The predicted octanol–water partition coefficient (Wildman–Crippen LogP) is 2.44. The van der Waals surface area contributed by atoms with Crippen molar-refractivity contribution in [2.24, 2.45) is 0 Å². The van der Waals surface area contributed by atoms with Crippen molar-refractivity contribution < 1.29 is 4.79 Å². The smallest absolute Gasteiger partial charge is 0.315 e. The molecule has 2 N–H and O–H groups in total. The molecular formula is C12H16ClN5OS. The number of rotatable bonds is 6. The maximum atomic E-state index is 11.7. The summed E-state index contributed by atoms with van der Waals surface area (Å²) in [4.78, 5) is 16.6. The molecule has 20 heavy (non-hydrogen) atoms. The van der Waals surface area contributed by atoms with Gasteiger partial charge >= 0.3 is 6.03 Å². The minimum atomic E-state index is -0.180. The second-order valence-corrected chi connectivity index (χ2v) is 6.02. The lowest BCUT2D eigenvalue weighted by atomic mass is 10.3. The average Bonchev–Trinajstić information content (AvgIpc) is 3.06. The summed E-state index contributed by atoms with van der Waals surface area (Å²) in [7, 11) is 0. The first-order chi connectivity index (χ1) is 9.65. The fraction of sp³-hybridized carbons (Fsp3) is 0.417. The minimum Gasteiger partial charge on any atom is -0.338 e. The molecule has 0 saturated heterocycles. The van der Waals surface area contributed by atoms with Crippen LogP contribution in [0.5, 0.6) is 0 Å². The number of hydrogen-bond donors (Lipinski definition) is 2. The molecule has 6 nitrogen and oxygen atoms in total. The molecule has 0 aliphatic carbocycles. The summed E-state index contributed by atoms with van der Waals surface area (Å²) < 4.78 is 2.46. The van der Waals surface area contributed by atoms with E-state index in [0.717, 1.165) is 22.2 Å². The van der Waals surface area contributed by atoms with Crippen molar-refractivity contribution in [3.8, 4) is 0 Å². The quantitative estimate of drug-likeness (QED) is 0.805. The van der Waals surface area contributed by atoms with Gasteiger partial charge in [0.25, 0.3) is 0 Å². The highest BCUT2D eigenvalue weighted by molar-refractivity contribution is 7.16. The van der Waals surface area contributed by atoms with E-state index in [1.165, 1.54) is 17.7 Å². The van der Waals surface area contributed by atoms with Gasteiger partial charge < -0.3 is 10.6 Å². The van der Waals surface area contributed by atoms with E-state index >= 15 is 0 Å². The van der Waals surface area contributed by atoms with Gasteiger partial charge in [0.05, 0.1) is 10.4 Å². The van der Waals surface area contributed by atoms with E-state index in [2.05, 4.69) is 20.7 Å². The fourth-order valence-corrected chi connectivity index (χ4v) is 2.73. The number of halogens is 1. The van der Waals surface area contributed by atoms with Crippen LogP contribution in [0.2, 0.25) is 4.34 Å². The van der Waals surface area contributed by atoms with Crippen molar-refractivity contribution in [3.63, 3.8) is 0 Å². The lowest BCUT2D eigenvalue weighted by Crippen LogP contribution is -2.37. The third-order valence-corrected chi connectivity index (χ3v) is 4.10. The lowest BCUT2D eigenvalue weighted by Gasteiger charge is -2.13. The Morgan fingerprint density at radius 3 is 3.05 bits per heavy atom. The van der Waals surface area contributed by atoms with Crippen molar-refractivity contribution in [1.29, 1.82) is 0 Å². The van der Waals surface area contributed by atoms with Crippen molar-refractivity contribution in [2.75, 3.05) is 6.54 Å². The first-order valence-electron chi connectivity index (χ1n) is 6.27. The zero-order chi connectivity index (χ0) is 14.4. The molecule has 0 radical (unpaired) electrons. The first-order valence-corrected chi connectivity index (χ1v) is 7.46. The second-order valence-electron chi connectivity index (χ2n) is 4.28. The number of amides is 2. The molecule has 0 aliphatic heterocycles. The van der Waals surface area contributed by atoms with Gasteiger partial charge in [-0.05, 0) is 25.5 Å². The third-order valence-electron chi connectivity index (χ3n) is 2.68. The highest BCUT2D eigenvalue weighted by Crippen LogP contribution is 2.26. The van der Waals surface area contributed by atoms with E-state index in [1.54, 1.807) is 11.0 Å². The molecule has 108 valence electrons. The summed E-state index contributed by atoms with van der Waals surface area (Å²) in [5, 5.41) is 9.67. The molecular weight excluding hydrogens is 298 g/mol. The van der Waals surface area contributed by atoms with Crippen LogP contribution in [0.4, 0.5) is 4.79 Å². The molecule has 0 bridgehead atoms. The lowest BCUT2D eigenvalue weighted by molar-refractivity contribution is 0.237. The molecule has 2 heterocycles. The summed E-state index contributed by atoms with van der Waals surface area (Å²) >= 11 is 7.34. The van der Waals surface area contributed by atoms with Crippen molar-refractivity contribution in [1.82, 2.24) is 25.4 Å². The molecule has 2 amide bonds. The molecule has 0 saturated carbocycles. The van der Waals surface area contributed by atoms with Gasteiger partial charge in [0.2, 0.25) is 0 Å². The standard InChI is InChI=1S/C12H16ClN5OS/c1-9(10-3-4-11(13)20-10)17-12(19)15-5-2-6-18-8-14-7-16-18/h3-4,7-9H,2,5-6H2,1H3,(H2,15,17,19). The van der Waals surface area contributed by atoms with E-state index in [0.29, 0.717) is 6.54 Å². The van der Waals surface area contributed by atoms with Crippen LogP contribution in [0.15, 0.2) is 24.8 Å². The molecule has 0 aromatic carbocycles. The Morgan fingerprint density at radius 1 is 1.55 bits per heavy atom. The van der Waals surface area contributed by atoms with E-state index < -0.39 is 0 Å². The maximum absolute atomic E-state index is 11.7. The normalized spacial score (nSPS) is 12.1. The monoisotopic (exact) mass is 313 g/mol. The number of nitrogens with one attached hydrogen (secondary N) is 2.